The van der Waals surface area contributed by atoms with Crippen molar-refractivity contribution in [2.24, 2.45) is 0 Å². The van der Waals surface area contributed by atoms with Crippen molar-refractivity contribution in [2.75, 3.05) is 25.0 Å². The van der Waals surface area contributed by atoms with Crippen LogP contribution in [0.3, 0.4) is 0 Å². The highest BCUT2D eigenvalue weighted by Gasteiger charge is 2.49. The Hall–Kier alpha value is -2.83. The molecule has 2 amide bonds. The molecule has 2 heterocycles. The number of unbranched alkanes of at least 4 members (excludes halogenated alkanes) is 1. The number of anilines is 1. The number of ether oxygens (including phenoxy) is 1. The van der Waals surface area contributed by atoms with Gasteiger partial charge in [0, 0.05) is 24.4 Å². The number of nitrogens with one attached hydrogen (secondary N) is 1. The van der Waals surface area contributed by atoms with E-state index in [1.54, 1.807) is 0 Å². The fourth-order valence-electron chi connectivity index (χ4n) is 2.49. The third kappa shape index (κ3) is 6.57. The molecule has 0 atom stereocenters. The van der Waals surface area contributed by atoms with Crippen LogP contribution in [0.5, 0.6) is 5.75 Å². The summed E-state index contributed by atoms with van der Waals surface area (Å²) in [5.74, 6) is -1.94. The first-order chi connectivity index (χ1) is 14.4. The van der Waals surface area contributed by atoms with E-state index in [0.29, 0.717) is 12.3 Å². The number of aromatic nitrogens is 1. The number of rotatable bonds is 7. The zero-order valence-electron chi connectivity index (χ0n) is 16.9. The van der Waals surface area contributed by atoms with Gasteiger partial charge in [0.05, 0.1) is 6.61 Å². The Labute approximate surface area is 177 Å². The first kappa shape index (κ1) is 24.4. The molecule has 1 N–H and O–H groups in total. The topological polar surface area (TPSA) is 115 Å². The molecule has 0 aromatic carbocycles. The van der Waals surface area contributed by atoms with E-state index in [9.17, 15) is 31.2 Å². The first-order valence-electron chi connectivity index (χ1n) is 9.35. The molecule has 13 heteroatoms. The number of amides is 2. The van der Waals surface area contributed by atoms with Crippen molar-refractivity contribution >= 4 is 27.9 Å². The van der Waals surface area contributed by atoms with Crippen LogP contribution in [0.1, 0.15) is 31.9 Å². The first-order valence-corrected chi connectivity index (χ1v) is 10.8. The van der Waals surface area contributed by atoms with Crippen molar-refractivity contribution in [2.45, 2.75) is 38.6 Å². The van der Waals surface area contributed by atoms with E-state index in [0.717, 1.165) is 18.9 Å². The van der Waals surface area contributed by atoms with Crippen LogP contribution in [0.15, 0.2) is 23.8 Å². The van der Waals surface area contributed by atoms with Crippen molar-refractivity contribution in [1.29, 1.82) is 0 Å². The van der Waals surface area contributed by atoms with Gasteiger partial charge in [-0.1, -0.05) is 19.4 Å². The Morgan fingerprint density at radius 3 is 2.58 bits per heavy atom. The Bertz CT molecular complexity index is 963. The Morgan fingerprint density at radius 1 is 1.29 bits per heavy atom. The lowest BCUT2D eigenvalue weighted by Gasteiger charge is -2.25. The monoisotopic (exact) mass is 465 g/mol. The standard InChI is InChI=1S/C18H22F3N3O6S/c1-3-4-11-29-17(26)24-9-7-13(8-10-24)16(25)23-15-14(6-5-12(2)22-15)30-31(27,28)18(19,20)21/h5-7H,3-4,8-11H2,1-2H3,(H,22,23,25). The normalized spacial score (nSPS) is 14.6. The highest BCUT2D eigenvalue weighted by Crippen LogP contribution is 2.31. The average molecular weight is 465 g/mol. The van der Waals surface area contributed by atoms with Gasteiger partial charge < -0.3 is 19.1 Å². The molecule has 31 heavy (non-hydrogen) atoms. The molecular formula is C18H22F3N3O6S. The molecule has 0 fully saturated rings. The van der Waals surface area contributed by atoms with Crippen LogP contribution in [0.4, 0.5) is 23.8 Å². The van der Waals surface area contributed by atoms with E-state index in [4.69, 9.17) is 4.74 Å². The third-order valence-corrected chi connectivity index (χ3v) is 5.16. The second-order valence-corrected chi connectivity index (χ2v) is 8.17. The van der Waals surface area contributed by atoms with Crippen LogP contribution in [0.2, 0.25) is 0 Å². The largest absolute Gasteiger partial charge is 0.534 e. The minimum atomic E-state index is -5.94. The molecule has 0 bridgehead atoms. The predicted octanol–water partition coefficient (Wildman–Crippen LogP) is 3.13. The molecule has 1 aliphatic rings. The Balaban J connectivity index is 2.09. The number of aryl methyl sites for hydroxylation is 1. The van der Waals surface area contributed by atoms with Crippen molar-refractivity contribution in [1.82, 2.24) is 9.88 Å². The van der Waals surface area contributed by atoms with Crippen LogP contribution >= 0.6 is 0 Å². The number of alkyl halides is 3. The van der Waals surface area contributed by atoms with Gasteiger partial charge in [0.15, 0.2) is 11.6 Å². The average Bonchev–Trinajstić information content (AvgIpc) is 2.69. The molecule has 0 spiro atoms. The molecule has 2 rings (SSSR count). The van der Waals surface area contributed by atoms with Gasteiger partial charge in [-0.05, 0) is 31.9 Å². The summed E-state index contributed by atoms with van der Waals surface area (Å²) in [7, 11) is -5.94. The molecule has 1 aromatic heterocycles. The quantitative estimate of drug-likeness (QED) is 0.374. The van der Waals surface area contributed by atoms with E-state index >= 15 is 0 Å². The van der Waals surface area contributed by atoms with Gasteiger partial charge in [-0.3, -0.25) is 4.79 Å². The summed E-state index contributed by atoms with van der Waals surface area (Å²) in [5, 5.41) is 2.27. The third-order valence-electron chi connectivity index (χ3n) is 4.19. The lowest BCUT2D eigenvalue weighted by Crippen LogP contribution is -2.37. The number of halogens is 3. The van der Waals surface area contributed by atoms with Gasteiger partial charge in [0.2, 0.25) is 0 Å². The molecular weight excluding hydrogens is 443 g/mol. The maximum Gasteiger partial charge on any atom is 0.534 e. The number of carbonyl (C=O) groups excluding carboxylic acids is 2. The molecule has 0 unspecified atom stereocenters. The van der Waals surface area contributed by atoms with Crippen LogP contribution in [0.25, 0.3) is 0 Å². The Kier molecular flexibility index (Phi) is 7.87. The van der Waals surface area contributed by atoms with Gasteiger partial charge in [-0.25, -0.2) is 9.78 Å². The van der Waals surface area contributed by atoms with Gasteiger partial charge in [-0.2, -0.15) is 21.6 Å². The minimum Gasteiger partial charge on any atom is -0.449 e. The number of hydrogen-bond donors (Lipinski definition) is 1. The summed E-state index contributed by atoms with van der Waals surface area (Å²) in [4.78, 5) is 29.7. The molecule has 9 nitrogen and oxygen atoms in total. The summed E-state index contributed by atoms with van der Waals surface area (Å²) < 4.78 is 69.6. The van der Waals surface area contributed by atoms with Crippen molar-refractivity contribution in [3.05, 3.63) is 29.5 Å². The lowest BCUT2D eigenvalue weighted by atomic mass is 10.1. The van der Waals surface area contributed by atoms with Crippen molar-refractivity contribution in [3.8, 4) is 5.75 Å². The van der Waals surface area contributed by atoms with Gasteiger partial charge in [0.1, 0.15) is 0 Å². The molecule has 1 aliphatic heterocycles. The molecule has 0 aliphatic carbocycles. The molecule has 0 saturated heterocycles. The van der Waals surface area contributed by atoms with Crippen LogP contribution in [0, 0.1) is 6.92 Å². The van der Waals surface area contributed by atoms with Crippen molar-refractivity contribution in [3.63, 3.8) is 0 Å². The van der Waals surface area contributed by atoms with E-state index in [2.05, 4.69) is 14.5 Å². The molecule has 1 aromatic rings. The van der Waals surface area contributed by atoms with Gasteiger partial charge >= 0.3 is 21.7 Å². The summed E-state index contributed by atoms with van der Waals surface area (Å²) in [6.45, 7) is 4.07. The maximum absolute atomic E-state index is 12.6. The Morgan fingerprint density at radius 2 is 2.00 bits per heavy atom. The highest BCUT2D eigenvalue weighted by atomic mass is 32.2. The zero-order valence-corrected chi connectivity index (χ0v) is 17.7. The SMILES string of the molecule is CCCCOC(=O)N1CC=C(C(=O)Nc2nc(C)ccc2OS(=O)(=O)C(F)(F)F)CC1. The van der Waals surface area contributed by atoms with E-state index in [1.807, 2.05) is 6.92 Å². The minimum absolute atomic E-state index is 0.112. The highest BCUT2D eigenvalue weighted by molar-refractivity contribution is 7.88. The number of pyridine rings is 1. The van der Waals surface area contributed by atoms with Gasteiger partial charge in [0.25, 0.3) is 5.91 Å². The number of carbonyl (C=O) groups is 2. The number of nitrogens with zero attached hydrogens (tertiary/aromatic N) is 2. The van der Waals surface area contributed by atoms with Crippen LogP contribution in [-0.4, -0.2) is 55.5 Å². The molecule has 0 radical (unpaired) electrons. The van der Waals surface area contributed by atoms with E-state index < -0.39 is 39.2 Å². The maximum atomic E-state index is 12.6. The van der Waals surface area contributed by atoms with Crippen molar-refractivity contribution < 1.29 is 40.1 Å². The molecule has 172 valence electrons. The number of hydrogen-bond acceptors (Lipinski definition) is 7. The fraction of sp³-hybridized carbons (Fsp3) is 0.500. The summed E-state index contributed by atoms with van der Waals surface area (Å²) in [6.07, 6.45) is 2.75. The van der Waals surface area contributed by atoms with E-state index in [-0.39, 0.29) is 25.1 Å². The van der Waals surface area contributed by atoms with Crippen LogP contribution < -0.4 is 9.50 Å². The summed E-state index contributed by atoms with van der Waals surface area (Å²) >= 11 is 0. The fourth-order valence-corrected chi connectivity index (χ4v) is 2.96. The smallest absolute Gasteiger partial charge is 0.449 e. The molecule has 0 saturated carbocycles. The summed E-state index contributed by atoms with van der Waals surface area (Å²) in [5.41, 5.74) is -5.07. The lowest BCUT2D eigenvalue weighted by molar-refractivity contribution is -0.113. The second-order valence-electron chi connectivity index (χ2n) is 6.63. The van der Waals surface area contributed by atoms with Crippen LogP contribution in [-0.2, 0) is 19.6 Å². The summed E-state index contributed by atoms with van der Waals surface area (Å²) in [6, 6.07) is 2.20. The van der Waals surface area contributed by atoms with E-state index in [1.165, 1.54) is 24.0 Å². The second kappa shape index (κ2) is 9.98. The van der Waals surface area contributed by atoms with Gasteiger partial charge in [-0.15, -0.1) is 0 Å². The predicted molar refractivity (Wildman–Crippen MR) is 104 cm³/mol. The zero-order chi connectivity index (χ0) is 23.2.